The van der Waals surface area contributed by atoms with Crippen LogP contribution < -0.4 is 9.47 Å². The van der Waals surface area contributed by atoms with Gasteiger partial charge in [-0.3, -0.25) is 0 Å². The molecule has 1 N–H and O–H groups in total. The van der Waals surface area contributed by atoms with Crippen LogP contribution in [-0.4, -0.2) is 28.2 Å². The molecule has 6 nitrogen and oxygen atoms in total. The highest BCUT2D eigenvalue weighted by molar-refractivity contribution is 7.71. The van der Waals surface area contributed by atoms with Crippen molar-refractivity contribution in [2.75, 3.05) is 7.11 Å². The van der Waals surface area contributed by atoms with Crippen LogP contribution in [0.1, 0.15) is 11.4 Å². The monoisotopic (exact) mass is 340 g/mol. The predicted molar refractivity (Wildman–Crippen MR) is 94.2 cm³/mol. The fourth-order valence-corrected chi connectivity index (χ4v) is 2.21. The van der Waals surface area contributed by atoms with Crippen LogP contribution in [0.3, 0.4) is 0 Å². The first kappa shape index (κ1) is 15.9. The van der Waals surface area contributed by atoms with Gasteiger partial charge in [-0.2, -0.15) is 14.9 Å². The molecule has 1 heterocycles. The number of aromatic nitrogens is 3. The van der Waals surface area contributed by atoms with Gasteiger partial charge in [0.2, 0.25) is 4.77 Å². The minimum absolute atomic E-state index is 0.261. The maximum absolute atomic E-state index is 5.69. The van der Waals surface area contributed by atoms with Crippen molar-refractivity contribution in [3.05, 3.63) is 70.8 Å². The maximum Gasteiger partial charge on any atom is 0.216 e. The molecule has 0 aliphatic heterocycles. The fraction of sp³-hybridized carbons (Fsp3) is 0.118. The van der Waals surface area contributed by atoms with E-state index in [1.807, 2.05) is 54.6 Å². The van der Waals surface area contributed by atoms with Crippen molar-refractivity contribution in [1.82, 2.24) is 14.9 Å². The molecule has 0 aliphatic rings. The summed E-state index contributed by atoms with van der Waals surface area (Å²) in [6, 6.07) is 17.1. The lowest BCUT2D eigenvalue weighted by Crippen LogP contribution is -2.04. The summed E-state index contributed by atoms with van der Waals surface area (Å²) in [5.41, 5.74) is 0.925. The molecule has 0 spiro atoms. The zero-order chi connectivity index (χ0) is 16.8. The van der Waals surface area contributed by atoms with Gasteiger partial charge < -0.3 is 9.47 Å². The topological polar surface area (TPSA) is 64.4 Å². The molecular weight excluding hydrogens is 324 g/mol. The Kier molecular flexibility index (Phi) is 5.02. The lowest BCUT2D eigenvalue weighted by molar-refractivity contribution is 0.290. The molecule has 0 saturated carbocycles. The summed E-state index contributed by atoms with van der Waals surface area (Å²) < 4.78 is 12.8. The number of hydrogen-bond donors (Lipinski definition) is 1. The van der Waals surface area contributed by atoms with Gasteiger partial charge in [0.1, 0.15) is 18.1 Å². The van der Waals surface area contributed by atoms with E-state index in [9.17, 15) is 0 Å². The zero-order valence-electron chi connectivity index (χ0n) is 13.0. The van der Waals surface area contributed by atoms with Gasteiger partial charge in [-0.15, -0.1) is 0 Å². The van der Waals surface area contributed by atoms with E-state index in [4.69, 9.17) is 21.7 Å². The van der Waals surface area contributed by atoms with Crippen molar-refractivity contribution in [1.29, 1.82) is 0 Å². The number of ether oxygens (including phenoxy) is 2. The van der Waals surface area contributed by atoms with E-state index in [1.165, 1.54) is 0 Å². The second-order valence-corrected chi connectivity index (χ2v) is 5.26. The first-order valence-electron chi connectivity index (χ1n) is 7.29. The SMILES string of the molecule is COc1ccc(/C=N/n2c(COc3ccccc3)n[nH]c2=S)cc1. The number of rotatable bonds is 6. The van der Waals surface area contributed by atoms with Gasteiger partial charge in [0.25, 0.3) is 0 Å². The molecule has 3 aromatic rings. The zero-order valence-corrected chi connectivity index (χ0v) is 13.9. The Morgan fingerprint density at radius 3 is 2.58 bits per heavy atom. The smallest absolute Gasteiger partial charge is 0.216 e. The lowest BCUT2D eigenvalue weighted by atomic mass is 10.2. The molecule has 24 heavy (non-hydrogen) atoms. The highest BCUT2D eigenvalue weighted by Gasteiger charge is 2.06. The quantitative estimate of drug-likeness (QED) is 0.552. The van der Waals surface area contributed by atoms with E-state index in [-0.39, 0.29) is 6.61 Å². The molecule has 0 fully saturated rings. The van der Waals surface area contributed by atoms with E-state index < -0.39 is 0 Å². The largest absolute Gasteiger partial charge is 0.497 e. The molecule has 3 rings (SSSR count). The molecule has 7 heteroatoms. The third-order valence-electron chi connectivity index (χ3n) is 3.27. The van der Waals surface area contributed by atoms with Crippen LogP contribution >= 0.6 is 12.2 Å². The van der Waals surface area contributed by atoms with Gasteiger partial charge in [0, 0.05) is 0 Å². The van der Waals surface area contributed by atoms with Gasteiger partial charge >= 0.3 is 0 Å². The predicted octanol–water partition coefficient (Wildman–Crippen LogP) is 3.41. The number of aromatic amines is 1. The van der Waals surface area contributed by atoms with Crippen LogP contribution in [0.5, 0.6) is 11.5 Å². The molecule has 2 aromatic carbocycles. The molecule has 0 unspecified atom stereocenters. The highest BCUT2D eigenvalue weighted by Crippen LogP contribution is 2.12. The summed E-state index contributed by atoms with van der Waals surface area (Å²) in [7, 11) is 1.63. The van der Waals surface area contributed by atoms with Crippen LogP contribution in [0.15, 0.2) is 59.7 Å². The Hall–Kier alpha value is -2.93. The Labute approximate surface area is 144 Å². The van der Waals surface area contributed by atoms with Crippen molar-refractivity contribution in [2.24, 2.45) is 5.10 Å². The summed E-state index contributed by atoms with van der Waals surface area (Å²) >= 11 is 5.21. The minimum atomic E-state index is 0.261. The van der Waals surface area contributed by atoms with Gasteiger partial charge in [0.05, 0.1) is 13.3 Å². The number of H-pyrrole nitrogens is 1. The molecule has 0 bridgehead atoms. The summed E-state index contributed by atoms with van der Waals surface area (Å²) in [6.07, 6.45) is 1.71. The highest BCUT2D eigenvalue weighted by atomic mass is 32.1. The van der Waals surface area contributed by atoms with Gasteiger partial charge in [-0.1, -0.05) is 18.2 Å². The Bertz CT molecular complexity index is 870. The summed E-state index contributed by atoms with van der Waals surface area (Å²) in [6.45, 7) is 0.261. The van der Waals surface area contributed by atoms with E-state index in [0.29, 0.717) is 10.6 Å². The molecular formula is C17H16N4O2S. The summed E-state index contributed by atoms with van der Waals surface area (Å²) in [5.74, 6) is 2.15. The number of benzene rings is 2. The average molecular weight is 340 g/mol. The van der Waals surface area contributed by atoms with Crippen LogP contribution in [-0.2, 0) is 6.61 Å². The van der Waals surface area contributed by atoms with Crippen LogP contribution in [0, 0.1) is 4.77 Å². The standard InChI is InChI=1S/C17H16N4O2S/c1-22-14-9-7-13(8-10-14)11-18-21-16(19-20-17(21)24)12-23-15-5-3-2-4-6-15/h2-11H,12H2,1H3,(H,20,24)/b18-11+. The van der Waals surface area contributed by atoms with Crippen LogP contribution in [0.25, 0.3) is 0 Å². The number of methoxy groups -OCH3 is 1. The van der Waals surface area contributed by atoms with Gasteiger partial charge in [-0.25, -0.2) is 5.10 Å². The van der Waals surface area contributed by atoms with E-state index >= 15 is 0 Å². The summed E-state index contributed by atoms with van der Waals surface area (Å²) in [4.78, 5) is 0. The first-order chi connectivity index (χ1) is 11.8. The fourth-order valence-electron chi connectivity index (χ4n) is 2.02. The van der Waals surface area contributed by atoms with E-state index in [2.05, 4.69) is 15.3 Å². The molecule has 0 amide bonds. The maximum atomic E-state index is 5.69. The van der Waals surface area contributed by atoms with Crippen molar-refractivity contribution in [3.63, 3.8) is 0 Å². The van der Waals surface area contributed by atoms with Crippen molar-refractivity contribution < 1.29 is 9.47 Å². The first-order valence-corrected chi connectivity index (χ1v) is 7.69. The van der Waals surface area contributed by atoms with Gasteiger partial charge in [0.15, 0.2) is 5.82 Å². The Morgan fingerprint density at radius 1 is 1.12 bits per heavy atom. The molecule has 0 aliphatic carbocycles. The number of nitrogens with zero attached hydrogens (tertiary/aromatic N) is 3. The molecule has 0 radical (unpaired) electrons. The number of hydrogen-bond acceptors (Lipinski definition) is 5. The normalized spacial score (nSPS) is 10.9. The van der Waals surface area contributed by atoms with Crippen LogP contribution in [0.4, 0.5) is 0 Å². The number of nitrogens with one attached hydrogen (secondary N) is 1. The van der Waals surface area contributed by atoms with Crippen molar-refractivity contribution >= 4 is 18.4 Å². The molecule has 0 saturated heterocycles. The third-order valence-corrected chi connectivity index (χ3v) is 3.53. The van der Waals surface area contributed by atoms with E-state index in [0.717, 1.165) is 17.1 Å². The van der Waals surface area contributed by atoms with Crippen molar-refractivity contribution in [3.8, 4) is 11.5 Å². The Morgan fingerprint density at radius 2 is 1.88 bits per heavy atom. The second kappa shape index (κ2) is 7.56. The lowest BCUT2D eigenvalue weighted by Gasteiger charge is -2.05. The number of para-hydroxylation sites is 1. The Balaban J connectivity index is 1.74. The molecule has 0 atom stereocenters. The average Bonchev–Trinajstić information content (AvgIpc) is 2.99. The van der Waals surface area contributed by atoms with Gasteiger partial charge in [-0.05, 0) is 54.2 Å². The molecule has 1 aromatic heterocycles. The molecule has 122 valence electrons. The second-order valence-electron chi connectivity index (χ2n) is 4.88. The van der Waals surface area contributed by atoms with Crippen molar-refractivity contribution in [2.45, 2.75) is 6.61 Å². The third kappa shape index (κ3) is 3.88. The minimum Gasteiger partial charge on any atom is -0.497 e. The van der Waals surface area contributed by atoms with E-state index in [1.54, 1.807) is 18.0 Å². The summed E-state index contributed by atoms with van der Waals surface area (Å²) in [5, 5.41) is 11.3. The van der Waals surface area contributed by atoms with Crippen LogP contribution in [0.2, 0.25) is 0 Å².